The highest BCUT2D eigenvalue weighted by Gasteiger charge is 2.26. The predicted octanol–water partition coefficient (Wildman–Crippen LogP) is 3.05. The lowest BCUT2D eigenvalue weighted by molar-refractivity contribution is 0.580. The van der Waals surface area contributed by atoms with Gasteiger partial charge in [-0.1, -0.05) is 19.1 Å². The molecule has 0 radical (unpaired) electrons. The van der Waals surface area contributed by atoms with Crippen molar-refractivity contribution in [2.45, 2.75) is 32.7 Å². The molecule has 2 rings (SSSR count). The highest BCUT2D eigenvalue weighted by molar-refractivity contribution is 5.31. The molecule has 2 aromatic rings. The molecule has 0 bridgehead atoms. The quantitative estimate of drug-likeness (QED) is 0.910. The average molecular weight is 273 g/mol. The molecule has 1 heterocycles. The van der Waals surface area contributed by atoms with E-state index in [1.807, 2.05) is 26.2 Å². The molecule has 0 aliphatic carbocycles. The molecule has 0 amide bonds. The van der Waals surface area contributed by atoms with Gasteiger partial charge in [0.05, 0.1) is 0 Å². The van der Waals surface area contributed by atoms with Crippen molar-refractivity contribution >= 4 is 0 Å². The van der Waals surface area contributed by atoms with E-state index >= 15 is 0 Å². The summed E-state index contributed by atoms with van der Waals surface area (Å²) in [7, 11) is 0. The third kappa shape index (κ3) is 3.20. The van der Waals surface area contributed by atoms with E-state index in [0.717, 1.165) is 30.0 Å². The van der Waals surface area contributed by atoms with Crippen molar-refractivity contribution in [3.8, 4) is 0 Å². The number of halogens is 1. The Morgan fingerprint density at radius 3 is 2.25 bits per heavy atom. The Kier molecular flexibility index (Phi) is 4.45. The van der Waals surface area contributed by atoms with E-state index in [1.54, 1.807) is 12.1 Å². The number of hydrogen-bond donors (Lipinski definition) is 1. The Morgan fingerprint density at radius 2 is 1.70 bits per heavy atom. The lowest BCUT2D eigenvalue weighted by atomic mass is 9.84. The van der Waals surface area contributed by atoms with Gasteiger partial charge in [-0.25, -0.2) is 14.4 Å². The largest absolute Gasteiger partial charge is 0.313 e. The van der Waals surface area contributed by atoms with E-state index in [9.17, 15) is 4.39 Å². The Labute approximate surface area is 119 Å². The maximum Gasteiger partial charge on any atom is 0.138 e. The van der Waals surface area contributed by atoms with Gasteiger partial charge in [-0.15, -0.1) is 0 Å². The minimum Gasteiger partial charge on any atom is -0.313 e. The van der Waals surface area contributed by atoms with Gasteiger partial charge in [0.25, 0.3) is 0 Å². The predicted molar refractivity (Wildman–Crippen MR) is 77.9 cm³/mol. The highest BCUT2D eigenvalue weighted by Crippen LogP contribution is 2.28. The molecule has 1 aromatic heterocycles. The number of nitrogens with zero attached hydrogens (tertiary/aromatic N) is 2. The molecule has 0 unspecified atom stereocenters. The lowest BCUT2D eigenvalue weighted by Gasteiger charge is -2.23. The van der Waals surface area contributed by atoms with E-state index in [0.29, 0.717) is 0 Å². The van der Waals surface area contributed by atoms with Crippen LogP contribution < -0.4 is 5.32 Å². The summed E-state index contributed by atoms with van der Waals surface area (Å²) in [5.74, 6) is 0.510. The van der Waals surface area contributed by atoms with Crippen molar-refractivity contribution in [3.63, 3.8) is 0 Å². The van der Waals surface area contributed by atoms with Crippen molar-refractivity contribution in [1.29, 1.82) is 0 Å². The normalized spacial score (nSPS) is 11.6. The first kappa shape index (κ1) is 14.6. The summed E-state index contributed by atoms with van der Waals surface area (Å²) in [5.41, 5.74) is 1.72. The van der Waals surface area contributed by atoms with Crippen LogP contribution >= 0.6 is 0 Å². The SMILES string of the molecule is CCNCc1cnc(C(C)(C)c2ccc(F)cc2)nc1. The molecule has 0 atom stereocenters. The highest BCUT2D eigenvalue weighted by atomic mass is 19.1. The summed E-state index contributed by atoms with van der Waals surface area (Å²) >= 11 is 0. The average Bonchev–Trinajstić information content (AvgIpc) is 2.46. The molecule has 0 spiro atoms. The minimum absolute atomic E-state index is 0.230. The van der Waals surface area contributed by atoms with Gasteiger partial charge in [0.15, 0.2) is 0 Å². The first-order valence-electron chi connectivity index (χ1n) is 6.82. The van der Waals surface area contributed by atoms with Crippen LogP contribution in [0, 0.1) is 5.82 Å². The molecule has 0 saturated heterocycles. The molecule has 3 nitrogen and oxygen atoms in total. The second-order valence-corrected chi connectivity index (χ2v) is 5.33. The van der Waals surface area contributed by atoms with Gasteiger partial charge in [0.1, 0.15) is 11.6 Å². The van der Waals surface area contributed by atoms with Crippen molar-refractivity contribution in [2.24, 2.45) is 0 Å². The fourth-order valence-electron chi connectivity index (χ4n) is 2.03. The molecule has 1 aromatic carbocycles. The van der Waals surface area contributed by atoms with Gasteiger partial charge in [-0.3, -0.25) is 0 Å². The molecule has 106 valence electrons. The summed E-state index contributed by atoms with van der Waals surface area (Å²) in [4.78, 5) is 8.91. The zero-order valence-corrected chi connectivity index (χ0v) is 12.2. The molecule has 4 heteroatoms. The lowest BCUT2D eigenvalue weighted by Crippen LogP contribution is -2.23. The van der Waals surface area contributed by atoms with Crippen LogP contribution in [0.3, 0.4) is 0 Å². The Morgan fingerprint density at radius 1 is 1.10 bits per heavy atom. The summed E-state index contributed by atoms with van der Waals surface area (Å²) in [6, 6.07) is 6.50. The summed E-state index contributed by atoms with van der Waals surface area (Å²) in [6.07, 6.45) is 3.69. The first-order chi connectivity index (χ1) is 9.54. The van der Waals surface area contributed by atoms with Crippen molar-refractivity contribution in [3.05, 3.63) is 59.4 Å². The molecule has 0 aliphatic heterocycles. The van der Waals surface area contributed by atoms with Gasteiger partial charge in [0.2, 0.25) is 0 Å². The van der Waals surface area contributed by atoms with Crippen LogP contribution in [0.25, 0.3) is 0 Å². The fourth-order valence-corrected chi connectivity index (χ4v) is 2.03. The molecular formula is C16H20FN3. The van der Waals surface area contributed by atoms with E-state index in [1.165, 1.54) is 12.1 Å². The monoisotopic (exact) mass is 273 g/mol. The maximum absolute atomic E-state index is 13.0. The van der Waals surface area contributed by atoms with Gasteiger partial charge in [0, 0.05) is 29.9 Å². The van der Waals surface area contributed by atoms with Gasteiger partial charge in [-0.05, 0) is 38.1 Å². The van der Waals surface area contributed by atoms with E-state index in [4.69, 9.17) is 0 Å². The number of rotatable bonds is 5. The van der Waals surface area contributed by atoms with Crippen LogP contribution in [-0.4, -0.2) is 16.5 Å². The smallest absolute Gasteiger partial charge is 0.138 e. The van der Waals surface area contributed by atoms with Gasteiger partial charge in [-0.2, -0.15) is 0 Å². The van der Waals surface area contributed by atoms with Crippen LogP contribution in [0.15, 0.2) is 36.7 Å². The van der Waals surface area contributed by atoms with Crippen LogP contribution in [0.1, 0.15) is 37.7 Å². The van der Waals surface area contributed by atoms with Crippen LogP contribution in [0.5, 0.6) is 0 Å². The zero-order valence-electron chi connectivity index (χ0n) is 12.2. The van der Waals surface area contributed by atoms with Crippen LogP contribution in [0.4, 0.5) is 4.39 Å². The molecule has 1 N–H and O–H groups in total. The second-order valence-electron chi connectivity index (χ2n) is 5.33. The van der Waals surface area contributed by atoms with E-state index < -0.39 is 0 Å². The van der Waals surface area contributed by atoms with Crippen LogP contribution in [-0.2, 0) is 12.0 Å². The Hall–Kier alpha value is -1.81. The second kappa shape index (κ2) is 6.09. The number of benzene rings is 1. The van der Waals surface area contributed by atoms with E-state index in [-0.39, 0.29) is 11.2 Å². The fraction of sp³-hybridized carbons (Fsp3) is 0.375. The minimum atomic E-state index is -0.343. The van der Waals surface area contributed by atoms with Gasteiger partial charge >= 0.3 is 0 Å². The Bertz CT molecular complexity index is 547. The van der Waals surface area contributed by atoms with E-state index in [2.05, 4.69) is 22.2 Å². The first-order valence-corrected chi connectivity index (χ1v) is 6.82. The third-order valence-corrected chi connectivity index (χ3v) is 3.41. The zero-order chi connectivity index (χ0) is 14.6. The number of aromatic nitrogens is 2. The Balaban J connectivity index is 2.22. The number of hydrogen-bond acceptors (Lipinski definition) is 3. The molecular weight excluding hydrogens is 253 g/mol. The molecule has 0 saturated carbocycles. The maximum atomic E-state index is 13.0. The van der Waals surface area contributed by atoms with Gasteiger partial charge < -0.3 is 5.32 Å². The molecule has 0 aliphatic rings. The van der Waals surface area contributed by atoms with Crippen molar-refractivity contribution in [2.75, 3.05) is 6.54 Å². The summed E-state index contributed by atoms with van der Waals surface area (Å²) in [6.45, 7) is 7.84. The summed E-state index contributed by atoms with van der Waals surface area (Å²) in [5, 5.41) is 3.24. The van der Waals surface area contributed by atoms with Crippen molar-refractivity contribution < 1.29 is 4.39 Å². The van der Waals surface area contributed by atoms with Crippen LogP contribution in [0.2, 0.25) is 0 Å². The molecule has 0 fully saturated rings. The topological polar surface area (TPSA) is 37.8 Å². The molecule has 20 heavy (non-hydrogen) atoms. The van der Waals surface area contributed by atoms with Crippen molar-refractivity contribution in [1.82, 2.24) is 15.3 Å². The standard InChI is InChI=1S/C16H20FN3/c1-4-18-9-12-10-19-15(20-11-12)16(2,3)13-5-7-14(17)8-6-13/h5-8,10-11,18H,4,9H2,1-3H3. The third-order valence-electron chi connectivity index (χ3n) is 3.41. The summed E-state index contributed by atoms with van der Waals surface area (Å²) < 4.78 is 13.0. The number of nitrogens with one attached hydrogen (secondary N) is 1.